The molecule has 1 N–H and O–H groups in total. The number of carbonyl (C=O) groups is 2. The highest BCUT2D eigenvalue weighted by molar-refractivity contribution is 8.01. The summed E-state index contributed by atoms with van der Waals surface area (Å²) in [6.07, 6.45) is 3.65. The van der Waals surface area contributed by atoms with Gasteiger partial charge in [0.25, 0.3) is 0 Å². The molecule has 0 bridgehead atoms. The molecule has 1 aliphatic carbocycles. The third kappa shape index (κ3) is 2.84. The maximum Gasteiger partial charge on any atom is 0.234 e. The third-order valence-electron chi connectivity index (χ3n) is 3.83. The number of hydrogen-bond donors (Lipinski definition) is 1. The Labute approximate surface area is 117 Å². The van der Waals surface area contributed by atoms with E-state index in [0.29, 0.717) is 18.6 Å². The fourth-order valence-corrected chi connectivity index (χ4v) is 3.91. The minimum atomic E-state index is -0.00460. The van der Waals surface area contributed by atoms with E-state index in [0.717, 1.165) is 19.3 Å². The van der Waals surface area contributed by atoms with Crippen molar-refractivity contribution in [1.82, 2.24) is 5.32 Å². The van der Waals surface area contributed by atoms with Crippen molar-refractivity contribution in [3.8, 4) is 0 Å². The van der Waals surface area contributed by atoms with Gasteiger partial charge in [-0.05, 0) is 30.9 Å². The molecule has 1 atom stereocenters. The Balaban J connectivity index is 1.56. The lowest BCUT2D eigenvalue weighted by molar-refractivity contribution is -0.124. The summed E-state index contributed by atoms with van der Waals surface area (Å²) in [6, 6.07) is 8.39. The summed E-state index contributed by atoms with van der Waals surface area (Å²) in [6.45, 7) is 0. The fraction of sp³-hybridized carbons (Fsp3) is 0.467. The average molecular weight is 275 g/mol. The quantitative estimate of drug-likeness (QED) is 0.901. The van der Waals surface area contributed by atoms with E-state index < -0.39 is 0 Å². The van der Waals surface area contributed by atoms with Gasteiger partial charge in [-0.3, -0.25) is 9.59 Å². The largest absolute Gasteiger partial charge is 0.352 e. The molecule has 1 heterocycles. The number of nitrogens with one attached hydrogen (secondary N) is 1. The molecule has 0 radical (unpaired) electrons. The first-order chi connectivity index (χ1) is 9.22. The van der Waals surface area contributed by atoms with Gasteiger partial charge in [0.2, 0.25) is 5.91 Å². The molecule has 100 valence electrons. The van der Waals surface area contributed by atoms with E-state index in [9.17, 15) is 9.59 Å². The van der Waals surface area contributed by atoms with Gasteiger partial charge in [0, 0.05) is 23.8 Å². The summed E-state index contributed by atoms with van der Waals surface area (Å²) >= 11 is 1.65. The molecule has 19 heavy (non-hydrogen) atoms. The maximum atomic E-state index is 12.2. The lowest BCUT2D eigenvalue weighted by Crippen LogP contribution is -2.42. The van der Waals surface area contributed by atoms with Crippen molar-refractivity contribution in [3.63, 3.8) is 0 Å². The number of ketones is 1. The van der Waals surface area contributed by atoms with Crippen LogP contribution in [-0.2, 0) is 16.0 Å². The van der Waals surface area contributed by atoms with Gasteiger partial charge < -0.3 is 5.32 Å². The zero-order valence-corrected chi connectivity index (χ0v) is 11.5. The molecule has 1 amide bonds. The van der Waals surface area contributed by atoms with Crippen LogP contribution in [0, 0.1) is 0 Å². The summed E-state index contributed by atoms with van der Waals surface area (Å²) in [5.74, 6) is 0.452. The molecule has 1 fully saturated rings. The minimum Gasteiger partial charge on any atom is -0.352 e. The number of carbonyl (C=O) groups excluding carboxylic acids is 2. The highest BCUT2D eigenvalue weighted by atomic mass is 32.2. The van der Waals surface area contributed by atoms with Crippen molar-refractivity contribution in [1.29, 1.82) is 0 Å². The lowest BCUT2D eigenvalue weighted by atomic mass is 9.94. The number of hydrogen-bond acceptors (Lipinski definition) is 3. The van der Waals surface area contributed by atoms with Gasteiger partial charge in [-0.25, -0.2) is 0 Å². The van der Waals surface area contributed by atoms with Crippen LogP contribution in [0.4, 0.5) is 0 Å². The van der Waals surface area contributed by atoms with Crippen molar-refractivity contribution >= 4 is 23.5 Å². The Hall–Kier alpha value is -1.29. The summed E-state index contributed by atoms with van der Waals surface area (Å²) in [7, 11) is 0. The molecular formula is C15H17NO2S. The second-order valence-electron chi connectivity index (χ2n) is 5.24. The van der Waals surface area contributed by atoms with Gasteiger partial charge >= 0.3 is 0 Å². The first kappa shape index (κ1) is 12.7. The highest BCUT2D eigenvalue weighted by Gasteiger charge is 2.30. The van der Waals surface area contributed by atoms with Crippen LogP contribution in [0.2, 0.25) is 0 Å². The SMILES string of the molecule is O=C1CCC(NC(=O)C2Cc3ccccc3S2)CC1. The summed E-state index contributed by atoms with van der Waals surface area (Å²) in [4.78, 5) is 24.7. The Kier molecular flexibility index (Phi) is 3.60. The Morgan fingerprint density at radius 2 is 1.95 bits per heavy atom. The van der Waals surface area contributed by atoms with Crippen LogP contribution in [0.15, 0.2) is 29.2 Å². The Bertz CT molecular complexity index is 480. The summed E-state index contributed by atoms with van der Waals surface area (Å²) in [5, 5.41) is 3.10. The van der Waals surface area contributed by atoms with Crippen LogP contribution < -0.4 is 5.32 Å². The molecular weight excluding hydrogens is 258 g/mol. The number of fused-ring (bicyclic) bond motifs is 1. The highest BCUT2D eigenvalue weighted by Crippen LogP contribution is 2.36. The van der Waals surface area contributed by atoms with E-state index in [2.05, 4.69) is 17.4 Å². The first-order valence-electron chi connectivity index (χ1n) is 6.79. The normalized spacial score (nSPS) is 23.2. The number of amides is 1. The Morgan fingerprint density at radius 1 is 1.21 bits per heavy atom. The predicted octanol–water partition coefficient (Wildman–Crippen LogP) is 2.33. The molecule has 1 unspecified atom stereocenters. The average Bonchev–Trinajstić information content (AvgIpc) is 2.85. The van der Waals surface area contributed by atoms with Crippen molar-refractivity contribution in [3.05, 3.63) is 29.8 Å². The number of rotatable bonds is 2. The van der Waals surface area contributed by atoms with Gasteiger partial charge in [-0.1, -0.05) is 18.2 Å². The van der Waals surface area contributed by atoms with E-state index in [1.54, 1.807) is 11.8 Å². The van der Waals surface area contributed by atoms with E-state index in [4.69, 9.17) is 0 Å². The lowest BCUT2D eigenvalue weighted by Gasteiger charge is -2.23. The van der Waals surface area contributed by atoms with Gasteiger partial charge in [0.1, 0.15) is 5.78 Å². The maximum absolute atomic E-state index is 12.2. The van der Waals surface area contributed by atoms with Gasteiger partial charge in [-0.2, -0.15) is 0 Å². The smallest absolute Gasteiger partial charge is 0.234 e. The molecule has 0 aromatic heterocycles. The van der Waals surface area contributed by atoms with Gasteiger partial charge in [0.05, 0.1) is 5.25 Å². The number of Topliss-reactive ketones (excluding diaryl/α,β-unsaturated/α-hetero) is 1. The monoisotopic (exact) mass is 275 g/mol. The van der Waals surface area contributed by atoms with Crippen molar-refractivity contribution < 1.29 is 9.59 Å². The van der Waals surface area contributed by atoms with Crippen LogP contribution in [0.3, 0.4) is 0 Å². The molecule has 3 rings (SSSR count). The standard InChI is InChI=1S/C15H17NO2S/c17-12-7-5-11(6-8-12)16-15(18)14-9-10-3-1-2-4-13(10)19-14/h1-4,11,14H,5-9H2,(H,16,18). The van der Waals surface area contributed by atoms with Gasteiger partial charge in [-0.15, -0.1) is 11.8 Å². The van der Waals surface area contributed by atoms with E-state index in [1.165, 1.54) is 10.5 Å². The van der Waals surface area contributed by atoms with E-state index in [1.807, 2.05) is 12.1 Å². The second-order valence-corrected chi connectivity index (χ2v) is 6.48. The fourth-order valence-electron chi connectivity index (χ4n) is 2.71. The predicted molar refractivity (Wildman–Crippen MR) is 75.2 cm³/mol. The summed E-state index contributed by atoms with van der Waals surface area (Å²) in [5.41, 5.74) is 1.27. The van der Waals surface area contributed by atoms with Crippen LogP contribution >= 0.6 is 11.8 Å². The minimum absolute atomic E-state index is 0.00460. The molecule has 0 saturated heterocycles. The zero-order chi connectivity index (χ0) is 13.2. The molecule has 1 aromatic carbocycles. The molecule has 1 saturated carbocycles. The van der Waals surface area contributed by atoms with Crippen LogP contribution in [0.25, 0.3) is 0 Å². The third-order valence-corrected chi connectivity index (χ3v) is 5.15. The second kappa shape index (κ2) is 5.37. The molecule has 1 aliphatic heterocycles. The molecule has 0 spiro atoms. The molecule has 4 heteroatoms. The topological polar surface area (TPSA) is 46.2 Å². The Morgan fingerprint density at radius 3 is 2.68 bits per heavy atom. The van der Waals surface area contributed by atoms with Crippen LogP contribution in [-0.4, -0.2) is 23.0 Å². The zero-order valence-electron chi connectivity index (χ0n) is 10.7. The number of benzene rings is 1. The van der Waals surface area contributed by atoms with Crippen molar-refractivity contribution in [2.24, 2.45) is 0 Å². The van der Waals surface area contributed by atoms with Crippen LogP contribution in [0.1, 0.15) is 31.2 Å². The van der Waals surface area contributed by atoms with E-state index in [-0.39, 0.29) is 17.2 Å². The van der Waals surface area contributed by atoms with Crippen molar-refractivity contribution in [2.75, 3.05) is 0 Å². The van der Waals surface area contributed by atoms with Gasteiger partial charge in [0.15, 0.2) is 0 Å². The first-order valence-corrected chi connectivity index (χ1v) is 7.67. The van der Waals surface area contributed by atoms with Crippen LogP contribution in [0.5, 0.6) is 0 Å². The molecule has 2 aliphatic rings. The van der Waals surface area contributed by atoms with E-state index >= 15 is 0 Å². The molecule has 3 nitrogen and oxygen atoms in total. The number of thioether (sulfide) groups is 1. The van der Waals surface area contributed by atoms with Crippen molar-refractivity contribution in [2.45, 2.75) is 48.3 Å². The summed E-state index contributed by atoms with van der Waals surface area (Å²) < 4.78 is 0. The molecule has 1 aromatic rings.